The maximum Gasteiger partial charge on any atom is 0.327 e. The minimum Gasteiger partial charge on any atom is -0.506 e. The maximum absolute atomic E-state index is 12.1. The summed E-state index contributed by atoms with van der Waals surface area (Å²) in [7, 11) is 3.07. The normalized spacial score (nSPS) is 10.3. The summed E-state index contributed by atoms with van der Waals surface area (Å²) in [6.45, 7) is 0. The Hall–Kier alpha value is -4.99. The molecule has 10 heteroatoms. The Morgan fingerprint density at radius 1 is 0.829 bits per heavy atom. The Kier molecular flexibility index (Phi) is 6.82. The molecule has 35 heavy (non-hydrogen) atoms. The van der Waals surface area contributed by atoms with Gasteiger partial charge in [0.05, 0.1) is 25.4 Å². The molecule has 4 N–H and O–H groups in total. The molecule has 4 amide bonds. The first-order valence-corrected chi connectivity index (χ1v) is 10.4. The number of phenols is 1. The second-order valence-corrected chi connectivity index (χ2v) is 7.21. The van der Waals surface area contributed by atoms with Gasteiger partial charge >= 0.3 is 12.1 Å². The summed E-state index contributed by atoms with van der Waals surface area (Å²) < 4.78 is 16.6. The van der Waals surface area contributed by atoms with E-state index in [1.54, 1.807) is 67.9 Å². The average Bonchev–Trinajstić information content (AvgIpc) is 2.85. The summed E-state index contributed by atoms with van der Waals surface area (Å²) in [6.07, 6.45) is 1.59. The van der Waals surface area contributed by atoms with E-state index in [0.717, 1.165) is 0 Å². The third kappa shape index (κ3) is 5.50. The van der Waals surface area contributed by atoms with E-state index < -0.39 is 12.1 Å². The quantitative estimate of drug-likeness (QED) is 0.286. The van der Waals surface area contributed by atoms with Crippen LogP contribution in [-0.2, 0) is 0 Å². The van der Waals surface area contributed by atoms with Crippen LogP contribution in [-0.4, -0.2) is 36.4 Å². The lowest BCUT2D eigenvalue weighted by atomic mass is 10.2. The first-order chi connectivity index (χ1) is 17.0. The molecule has 0 radical (unpaired) electrons. The molecule has 10 nitrogen and oxygen atoms in total. The Labute approximate surface area is 200 Å². The number of phenolic OH excluding ortho intramolecular Hbond substituents is 1. The number of ether oxygens (including phenoxy) is 3. The molecule has 4 rings (SSSR count). The fourth-order valence-corrected chi connectivity index (χ4v) is 3.28. The number of nitrogens with zero attached hydrogens (tertiary/aromatic N) is 1. The van der Waals surface area contributed by atoms with Crippen molar-refractivity contribution in [1.29, 1.82) is 0 Å². The van der Waals surface area contributed by atoms with Crippen LogP contribution in [0.5, 0.6) is 28.7 Å². The number of pyridine rings is 1. The number of nitrogens with one attached hydrogen (secondary N) is 3. The van der Waals surface area contributed by atoms with Crippen molar-refractivity contribution in [1.82, 2.24) is 10.3 Å². The van der Waals surface area contributed by atoms with Gasteiger partial charge in [-0.15, -0.1) is 0 Å². The molecule has 0 aliphatic heterocycles. The smallest absolute Gasteiger partial charge is 0.327 e. The summed E-state index contributed by atoms with van der Waals surface area (Å²) in [5, 5.41) is 18.1. The van der Waals surface area contributed by atoms with E-state index in [-0.39, 0.29) is 11.4 Å². The van der Waals surface area contributed by atoms with E-state index in [1.807, 2.05) is 0 Å². The Morgan fingerprint density at radius 3 is 2.26 bits per heavy atom. The molecule has 178 valence electrons. The van der Waals surface area contributed by atoms with Crippen LogP contribution in [0, 0.1) is 0 Å². The number of carbonyl (C=O) groups excluding carboxylic acids is 2. The second-order valence-electron chi connectivity index (χ2n) is 7.21. The molecular formula is C25H22N4O6. The average molecular weight is 474 g/mol. The van der Waals surface area contributed by atoms with Crippen molar-refractivity contribution in [3.05, 3.63) is 72.9 Å². The van der Waals surface area contributed by atoms with E-state index in [4.69, 9.17) is 14.2 Å². The van der Waals surface area contributed by atoms with Gasteiger partial charge in [0.25, 0.3) is 0 Å². The lowest BCUT2D eigenvalue weighted by Gasteiger charge is -2.13. The highest BCUT2D eigenvalue weighted by atomic mass is 16.5. The molecule has 4 aromatic rings. The summed E-state index contributed by atoms with van der Waals surface area (Å²) in [5.41, 5.74) is 1.25. The highest BCUT2D eigenvalue weighted by Gasteiger charge is 2.14. The van der Waals surface area contributed by atoms with Crippen molar-refractivity contribution in [2.75, 3.05) is 24.9 Å². The minimum absolute atomic E-state index is 0.0911. The Balaban J connectivity index is 1.45. The SMILES string of the molecule is COc1cc2nccc(Oc3ccc(NC(=O)NC(=O)Nc4ccccc4)c(O)c3)c2cc1OC. The molecule has 1 heterocycles. The summed E-state index contributed by atoms with van der Waals surface area (Å²) in [5.74, 6) is 1.60. The molecule has 0 aliphatic rings. The van der Waals surface area contributed by atoms with Crippen LogP contribution in [0.3, 0.4) is 0 Å². The first-order valence-electron chi connectivity index (χ1n) is 10.4. The predicted molar refractivity (Wildman–Crippen MR) is 131 cm³/mol. The number of benzene rings is 3. The molecule has 0 atom stereocenters. The lowest BCUT2D eigenvalue weighted by Crippen LogP contribution is -2.37. The Morgan fingerprint density at radius 2 is 1.54 bits per heavy atom. The van der Waals surface area contributed by atoms with Crippen LogP contribution in [0.1, 0.15) is 0 Å². The number of hydrogen-bond acceptors (Lipinski definition) is 7. The second kappa shape index (κ2) is 10.3. The molecular weight excluding hydrogens is 452 g/mol. The molecule has 1 aromatic heterocycles. The van der Waals surface area contributed by atoms with Crippen LogP contribution < -0.4 is 30.2 Å². The molecule has 0 fully saturated rings. The fraction of sp³-hybridized carbons (Fsp3) is 0.0800. The van der Waals surface area contributed by atoms with Gasteiger partial charge in [-0.3, -0.25) is 10.3 Å². The number of methoxy groups -OCH3 is 2. The zero-order chi connectivity index (χ0) is 24.8. The number of carbonyl (C=O) groups is 2. The monoisotopic (exact) mass is 474 g/mol. The van der Waals surface area contributed by atoms with Gasteiger partial charge in [-0.2, -0.15) is 0 Å². The lowest BCUT2D eigenvalue weighted by molar-refractivity contribution is 0.240. The van der Waals surface area contributed by atoms with Crippen molar-refractivity contribution in [2.45, 2.75) is 0 Å². The number of fused-ring (bicyclic) bond motifs is 1. The van der Waals surface area contributed by atoms with Crippen molar-refractivity contribution in [3.63, 3.8) is 0 Å². The van der Waals surface area contributed by atoms with E-state index in [0.29, 0.717) is 39.6 Å². The van der Waals surface area contributed by atoms with Gasteiger partial charge in [-0.25, -0.2) is 9.59 Å². The standard InChI is InChI=1S/C25H22N4O6/c1-33-22-13-17-19(14-23(22)34-2)26-11-10-21(17)35-16-8-9-18(20(30)12-16)28-25(32)29-24(31)27-15-6-4-3-5-7-15/h3-14,30H,1-2H3,(H3,27,28,29,31,32). The largest absolute Gasteiger partial charge is 0.506 e. The van der Waals surface area contributed by atoms with Crippen molar-refractivity contribution in [3.8, 4) is 28.7 Å². The number of urea groups is 2. The van der Waals surface area contributed by atoms with Crippen LogP contribution in [0.4, 0.5) is 21.0 Å². The van der Waals surface area contributed by atoms with Crippen LogP contribution >= 0.6 is 0 Å². The molecule has 0 unspecified atom stereocenters. The maximum atomic E-state index is 12.1. The van der Waals surface area contributed by atoms with Gasteiger partial charge in [0, 0.05) is 29.4 Å². The summed E-state index contributed by atoms with van der Waals surface area (Å²) >= 11 is 0. The fourth-order valence-electron chi connectivity index (χ4n) is 3.28. The zero-order valence-corrected chi connectivity index (χ0v) is 18.9. The third-order valence-electron chi connectivity index (χ3n) is 4.91. The Bertz CT molecular complexity index is 1380. The van der Waals surface area contributed by atoms with E-state index >= 15 is 0 Å². The van der Waals surface area contributed by atoms with Gasteiger partial charge in [0.1, 0.15) is 17.2 Å². The number of imide groups is 1. The van der Waals surface area contributed by atoms with Gasteiger partial charge in [-0.1, -0.05) is 18.2 Å². The highest BCUT2D eigenvalue weighted by molar-refractivity contribution is 6.05. The van der Waals surface area contributed by atoms with Gasteiger partial charge in [0.15, 0.2) is 11.5 Å². The molecule has 0 saturated heterocycles. The van der Waals surface area contributed by atoms with Crippen molar-refractivity contribution >= 4 is 34.3 Å². The molecule has 0 spiro atoms. The number of rotatable bonds is 6. The predicted octanol–water partition coefficient (Wildman–Crippen LogP) is 5.10. The number of para-hydroxylation sites is 1. The van der Waals surface area contributed by atoms with E-state index in [9.17, 15) is 14.7 Å². The number of aromatic nitrogens is 1. The van der Waals surface area contributed by atoms with Crippen LogP contribution in [0.25, 0.3) is 10.9 Å². The molecule has 0 bridgehead atoms. The van der Waals surface area contributed by atoms with E-state index in [1.165, 1.54) is 19.2 Å². The number of anilines is 2. The first kappa shape index (κ1) is 23.2. The van der Waals surface area contributed by atoms with E-state index in [2.05, 4.69) is 20.9 Å². The summed E-state index contributed by atoms with van der Waals surface area (Å²) in [4.78, 5) is 28.4. The summed E-state index contributed by atoms with van der Waals surface area (Å²) in [6, 6.07) is 16.6. The number of aromatic hydroxyl groups is 1. The topological polar surface area (TPSA) is 131 Å². The zero-order valence-electron chi connectivity index (χ0n) is 18.9. The molecule has 3 aromatic carbocycles. The number of amides is 4. The van der Waals surface area contributed by atoms with Gasteiger partial charge < -0.3 is 30.0 Å². The minimum atomic E-state index is -0.816. The third-order valence-corrected chi connectivity index (χ3v) is 4.91. The van der Waals surface area contributed by atoms with Gasteiger partial charge in [0.2, 0.25) is 0 Å². The molecule has 0 aliphatic carbocycles. The molecule has 0 saturated carbocycles. The van der Waals surface area contributed by atoms with Crippen LogP contribution in [0.2, 0.25) is 0 Å². The highest BCUT2D eigenvalue weighted by Crippen LogP contribution is 2.38. The van der Waals surface area contributed by atoms with Crippen molar-refractivity contribution in [2.24, 2.45) is 0 Å². The van der Waals surface area contributed by atoms with Gasteiger partial charge in [-0.05, 0) is 36.4 Å². The van der Waals surface area contributed by atoms with Crippen molar-refractivity contribution < 1.29 is 28.9 Å². The van der Waals surface area contributed by atoms with Crippen LogP contribution in [0.15, 0.2) is 72.9 Å². The number of hydrogen-bond donors (Lipinski definition) is 4.